The Labute approximate surface area is 219 Å². The number of hydrogen-bond acceptors (Lipinski definition) is 4. The maximum Gasteiger partial charge on any atom is 0.387 e. The third kappa shape index (κ3) is 5.83. The molecule has 1 fully saturated rings. The predicted octanol–water partition coefficient (Wildman–Crippen LogP) is 4.61. The number of aromatic nitrogens is 1. The normalized spacial score (nSPS) is 17.4. The third-order valence-electron chi connectivity index (χ3n) is 6.19. The van der Waals surface area contributed by atoms with Crippen LogP contribution >= 0.6 is 11.6 Å². The van der Waals surface area contributed by atoms with E-state index in [0.717, 1.165) is 4.57 Å². The Morgan fingerprint density at radius 1 is 1.05 bits per heavy atom. The molecule has 0 bridgehead atoms. The van der Waals surface area contributed by atoms with E-state index in [9.17, 15) is 31.9 Å². The van der Waals surface area contributed by atoms with Crippen molar-refractivity contribution in [2.24, 2.45) is 0 Å². The third-order valence-corrected chi connectivity index (χ3v) is 6.44. The number of hydrogen-bond donors (Lipinski definition) is 1. The van der Waals surface area contributed by atoms with Crippen LogP contribution in [0.5, 0.6) is 5.75 Å². The summed E-state index contributed by atoms with van der Waals surface area (Å²) < 4.78 is 56.0. The minimum absolute atomic E-state index is 0.0125. The van der Waals surface area contributed by atoms with Crippen molar-refractivity contribution in [3.05, 3.63) is 92.9 Å². The summed E-state index contributed by atoms with van der Waals surface area (Å²) in [6, 6.07) is 11.9. The average molecular weight is 552 g/mol. The minimum Gasteiger partial charge on any atom is -0.435 e. The maximum atomic E-state index is 13.6. The molecule has 2 amide bonds. The summed E-state index contributed by atoms with van der Waals surface area (Å²) in [5.74, 6) is -2.02. The summed E-state index contributed by atoms with van der Waals surface area (Å²) in [6.45, 7) is -2.28. The zero-order valence-electron chi connectivity index (χ0n) is 19.9. The number of anilines is 1. The van der Waals surface area contributed by atoms with E-state index in [4.69, 9.17) is 11.6 Å². The van der Waals surface area contributed by atoms with E-state index in [1.165, 1.54) is 41.4 Å². The molecule has 3 aromatic rings. The SMILES string of the molecule is Cc1ccn(CC(F)F)c(=O)c1N1C[C@@H](c2ccc(Cl)cc2)C(NC(=O)c2ccc(OC(F)F)cc2)C1=O. The summed E-state index contributed by atoms with van der Waals surface area (Å²) in [4.78, 5) is 40.9. The van der Waals surface area contributed by atoms with Gasteiger partial charge in [0.15, 0.2) is 0 Å². The molecule has 38 heavy (non-hydrogen) atoms. The van der Waals surface area contributed by atoms with Crippen LogP contribution in [0.25, 0.3) is 0 Å². The predicted molar refractivity (Wildman–Crippen MR) is 132 cm³/mol. The first-order chi connectivity index (χ1) is 18.0. The fourth-order valence-electron chi connectivity index (χ4n) is 4.39. The van der Waals surface area contributed by atoms with Gasteiger partial charge in [-0.05, 0) is 60.5 Å². The number of benzene rings is 2. The Morgan fingerprint density at radius 3 is 2.32 bits per heavy atom. The molecule has 1 aliphatic rings. The number of amides is 2. The molecule has 4 rings (SSSR count). The van der Waals surface area contributed by atoms with Crippen LogP contribution in [-0.4, -0.2) is 42.0 Å². The van der Waals surface area contributed by atoms with Gasteiger partial charge in [0.2, 0.25) is 5.91 Å². The van der Waals surface area contributed by atoms with Crippen molar-refractivity contribution in [1.29, 1.82) is 0 Å². The molecule has 2 heterocycles. The van der Waals surface area contributed by atoms with E-state index in [0.29, 0.717) is 16.1 Å². The lowest BCUT2D eigenvalue weighted by Crippen LogP contribution is -2.44. The molecule has 12 heteroatoms. The molecular formula is C26H22ClF4N3O4. The van der Waals surface area contributed by atoms with Gasteiger partial charge < -0.3 is 19.5 Å². The molecule has 0 aliphatic carbocycles. The number of nitrogens with zero attached hydrogens (tertiary/aromatic N) is 2. The molecule has 1 aromatic heterocycles. The fraction of sp³-hybridized carbons (Fsp3) is 0.269. The van der Waals surface area contributed by atoms with Crippen LogP contribution in [0, 0.1) is 6.92 Å². The molecule has 0 radical (unpaired) electrons. The van der Waals surface area contributed by atoms with Crippen molar-refractivity contribution in [3.8, 4) is 5.75 Å². The Balaban J connectivity index is 1.68. The molecule has 2 atom stereocenters. The van der Waals surface area contributed by atoms with Crippen LogP contribution in [0.2, 0.25) is 5.02 Å². The van der Waals surface area contributed by atoms with Crippen molar-refractivity contribution < 1.29 is 31.9 Å². The molecule has 0 saturated carbocycles. The van der Waals surface area contributed by atoms with Crippen molar-refractivity contribution in [3.63, 3.8) is 0 Å². The van der Waals surface area contributed by atoms with Gasteiger partial charge in [0.1, 0.15) is 17.5 Å². The molecule has 1 saturated heterocycles. The summed E-state index contributed by atoms with van der Waals surface area (Å²) in [5, 5.41) is 3.13. The Morgan fingerprint density at radius 2 is 1.71 bits per heavy atom. The lowest BCUT2D eigenvalue weighted by molar-refractivity contribution is -0.118. The van der Waals surface area contributed by atoms with E-state index in [-0.39, 0.29) is 23.5 Å². The Bertz CT molecular complexity index is 1380. The second-order valence-electron chi connectivity index (χ2n) is 8.66. The Kier molecular flexibility index (Phi) is 8.05. The van der Waals surface area contributed by atoms with E-state index in [1.54, 1.807) is 31.2 Å². The first-order valence-corrected chi connectivity index (χ1v) is 11.8. The van der Waals surface area contributed by atoms with Crippen LogP contribution in [0.1, 0.15) is 27.4 Å². The van der Waals surface area contributed by atoms with Gasteiger partial charge in [-0.25, -0.2) is 8.78 Å². The van der Waals surface area contributed by atoms with Crippen molar-refractivity contribution in [1.82, 2.24) is 9.88 Å². The van der Waals surface area contributed by atoms with E-state index >= 15 is 0 Å². The molecular weight excluding hydrogens is 530 g/mol. The smallest absolute Gasteiger partial charge is 0.387 e. The quantitative estimate of drug-likeness (QED) is 0.415. The van der Waals surface area contributed by atoms with Crippen LogP contribution in [0.3, 0.4) is 0 Å². The average Bonchev–Trinajstić information content (AvgIpc) is 3.17. The highest BCUT2D eigenvalue weighted by Crippen LogP contribution is 2.33. The summed E-state index contributed by atoms with van der Waals surface area (Å²) >= 11 is 6.01. The maximum absolute atomic E-state index is 13.6. The first-order valence-electron chi connectivity index (χ1n) is 11.5. The number of pyridine rings is 1. The highest BCUT2D eigenvalue weighted by Gasteiger charge is 2.44. The standard InChI is InChI=1S/C26H22ClF4N3O4/c1-14-10-11-33(13-20(28)29)25(37)22(14)34-12-19(15-2-6-17(27)7-3-15)21(24(34)36)32-23(35)16-4-8-18(9-5-16)38-26(30)31/h2-11,19-21,26H,12-13H2,1H3,(H,32,35)/t19-,21?/m0/s1. The van der Waals surface area contributed by atoms with Crippen LogP contribution in [0.15, 0.2) is 65.6 Å². The number of carbonyl (C=O) groups excluding carboxylic acids is 2. The summed E-state index contributed by atoms with van der Waals surface area (Å²) in [6.07, 6.45) is -1.53. The van der Waals surface area contributed by atoms with E-state index < -0.39 is 48.9 Å². The molecule has 1 unspecified atom stereocenters. The monoisotopic (exact) mass is 551 g/mol. The van der Waals surface area contributed by atoms with Gasteiger partial charge in [-0.1, -0.05) is 23.7 Å². The number of halogens is 5. The molecule has 0 spiro atoms. The molecule has 2 aromatic carbocycles. The van der Waals surface area contributed by atoms with Crippen molar-refractivity contribution in [2.75, 3.05) is 11.4 Å². The number of ether oxygens (including phenoxy) is 1. The lowest BCUT2D eigenvalue weighted by atomic mass is 9.94. The summed E-state index contributed by atoms with van der Waals surface area (Å²) in [7, 11) is 0. The van der Waals surface area contributed by atoms with Crippen molar-refractivity contribution in [2.45, 2.75) is 38.5 Å². The second-order valence-corrected chi connectivity index (χ2v) is 9.09. The van der Waals surface area contributed by atoms with Gasteiger partial charge in [-0.15, -0.1) is 0 Å². The molecule has 1 aliphatic heterocycles. The number of nitrogens with one attached hydrogen (secondary N) is 1. The lowest BCUT2D eigenvalue weighted by Gasteiger charge is -2.20. The molecule has 1 N–H and O–H groups in total. The zero-order chi connectivity index (χ0) is 27.6. The molecule has 7 nitrogen and oxygen atoms in total. The van der Waals surface area contributed by atoms with Crippen LogP contribution in [0.4, 0.5) is 23.2 Å². The summed E-state index contributed by atoms with van der Waals surface area (Å²) in [5.41, 5.74) is 0.336. The largest absolute Gasteiger partial charge is 0.435 e. The van der Waals surface area contributed by atoms with Gasteiger partial charge >= 0.3 is 6.61 Å². The highest BCUT2D eigenvalue weighted by atomic mass is 35.5. The topological polar surface area (TPSA) is 80.6 Å². The molecule has 200 valence electrons. The highest BCUT2D eigenvalue weighted by molar-refractivity contribution is 6.30. The van der Waals surface area contributed by atoms with Gasteiger partial charge in [0.05, 0.1) is 6.54 Å². The first kappa shape index (κ1) is 27.2. The van der Waals surface area contributed by atoms with Gasteiger partial charge in [-0.2, -0.15) is 8.78 Å². The number of rotatable bonds is 8. The number of carbonyl (C=O) groups is 2. The van der Waals surface area contributed by atoms with Crippen molar-refractivity contribution >= 4 is 29.1 Å². The zero-order valence-corrected chi connectivity index (χ0v) is 20.7. The van der Waals surface area contributed by atoms with E-state index in [2.05, 4.69) is 10.1 Å². The van der Waals surface area contributed by atoms with Crippen LogP contribution < -0.4 is 20.5 Å². The van der Waals surface area contributed by atoms with E-state index in [1.807, 2.05) is 0 Å². The van der Waals surface area contributed by atoms with Crippen LogP contribution in [-0.2, 0) is 11.3 Å². The minimum atomic E-state index is -3.02. The van der Waals surface area contributed by atoms with Gasteiger partial charge in [0, 0.05) is 29.2 Å². The second kappa shape index (κ2) is 11.3. The number of aryl methyl sites for hydroxylation is 1. The number of alkyl halides is 4. The van der Waals surface area contributed by atoms with Gasteiger partial charge in [0.25, 0.3) is 17.9 Å². The fourth-order valence-corrected chi connectivity index (χ4v) is 4.52. The van der Waals surface area contributed by atoms with Gasteiger partial charge in [-0.3, -0.25) is 14.4 Å². The Hall–Kier alpha value is -3.86.